The second kappa shape index (κ2) is 9.98. The number of hydrogen-bond acceptors (Lipinski definition) is 7. The SMILES string of the molecule is COc1ccc(Oc2ccc(CNC(=O)c3nc(-c4cc(Cl)c(O)c(Cl)c4)no3)cc2)cc1F. The first-order valence-electron chi connectivity index (χ1n) is 9.74. The lowest BCUT2D eigenvalue weighted by atomic mass is 10.2. The molecule has 1 amide bonds. The highest BCUT2D eigenvalue weighted by Gasteiger charge is 2.18. The van der Waals surface area contributed by atoms with Crippen molar-refractivity contribution in [3.8, 4) is 34.4 Å². The van der Waals surface area contributed by atoms with E-state index in [0.717, 1.165) is 5.56 Å². The lowest BCUT2D eigenvalue weighted by Crippen LogP contribution is -2.23. The zero-order chi connectivity index (χ0) is 24.2. The summed E-state index contributed by atoms with van der Waals surface area (Å²) in [4.78, 5) is 16.4. The smallest absolute Gasteiger partial charge is 0.316 e. The minimum Gasteiger partial charge on any atom is -0.505 e. The third-order valence-electron chi connectivity index (χ3n) is 4.63. The van der Waals surface area contributed by atoms with Gasteiger partial charge in [-0.05, 0) is 42.0 Å². The van der Waals surface area contributed by atoms with Crippen LogP contribution in [0.15, 0.2) is 59.1 Å². The van der Waals surface area contributed by atoms with Gasteiger partial charge in [-0.2, -0.15) is 4.98 Å². The summed E-state index contributed by atoms with van der Waals surface area (Å²) in [6.07, 6.45) is 0. The Morgan fingerprint density at radius 1 is 1.09 bits per heavy atom. The molecule has 0 aliphatic carbocycles. The predicted octanol–water partition coefficient (Wildman–Crippen LogP) is 5.62. The average Bonchev–Trinajstić information content (AvgIpc) is 3.32. The fourth-order valence-corrected chi connectivity index (χ4v) is 3.39. The van der Waals surface area contributed by atoms with E-state index < -0.39 is 11.7 Å². The fourth-order valence-electron chi connectivity index (χ4n) is 2.91. The normalized spacial score (nSPS) is 10.7. The molecule has 8 nitrogen and oxygen atoms in total. The van der Waals surface area contributed by atoms with E-state index in [-0.39, 0.29) is 39.8 Å². The topological polar surface area (TPSA) is 107 Å². The Balaban J connectivity index is 1.36. The molecule has 0 saturated heterocycles. The molecule has 3 aromatic carbocycles. The molecule has 11 heteroatoms. The van der Waals surface area contributed by atoms with Crippen LogP contribution >= 0.6 is 23.2 Å². The first kappa shape index (κ1) is 23.3. The fraction of sp³-hybridized carbons (Fsp3) is 0.0870. The highest BCUT2D eigenvalue weighted by atomic mass is 35.5. The van der Waals surface area contributed by atoms with E-state index in [1.54, 1.807) is 30.3 Å². The lowest BCUT2D eigenvalue weighted by molar-refractivity contribution is 0.0907. The number of aromatic nitrogens is 2. The Kier molecular flexibility index (Phi) is 6.85. The number of benzene rings is 3. The van der Waals surface area contributed by atoms with Crippen LogP contribution in [0.3, 0.4) is 0 Å². The minimum absolute atomic E-state index is 0.0165. The van der Waals surface area contributed by atoms with E-state index in [0.29, 0.717) is 17.1 Å². The number of nitrogens with zero attached hydrogens (tertiary/aromatic N) is 2. The maximum absolute atomic E-state index is 13.8. The summed E-state index contributed by atoms with van der Waals surface area (Å²) in [7, 11) is 1.38. The van der Waals surface area contributed by atoms with Crippen LogP contribution in [0.2, 0.25) is 10.0 Å². The van der Waals surface area contributed by atoms with Gasteiger partial charge in [0, 0.05) is 18.2 Å². The average molecular weight is 504 g/mol. The van der Waals surface area contributed by atoms with E-state index in [1.807, 2.05) is 0 Å². The number of phenols is 1. The molecule has 2 N–H and O–H groups in total. The van der Waals surface area contributed by atoms with E-state index >= 15 is 0 Å². The maximum Gasteiger partial charge on any atom is 0.316 e. The van der Waals surface area contributed by atoms with Gasteiger partial charge in [0.1, 0.15) is 11.5 Å². The molecule has 0 saturated carbocycles. The van der Waals surface area contributed by atoms with Crippen LogP contribution in [0.4, 0.5) is 4.39 Å². The number of amides is 1. The lowest BCUT2D eigenvalue weighted by Gasteiger charge is -2.08. The number of halogens is 3. The number of nitrogens with one attached hydrogen (secondary N) is 1. The van der Waals surface area contributed by atoms with E-state index in [1.165, 1.54) is 31.4 Å². The van der Waals surface area contributed by atoms with Crippen LogP contribution in [0.5, 0.6) is 23.0 Å². The molecule has 0 fully saturated rings. The molecule has 0 unspecified atom stereocenters. The molecule has 0 aliphatic heterocycles. The van der Waals surface area contributed by atoms with Gasteiger partial charge in [0.25, 0.3) is 0 Å². The molecule has 174 valence electrons. The predicted molar refractivity (Wildman–Crippen MR) is 122 cm³/mol. The van der Waals surface area contributed by atoms with Crippen molar-refractivity contribution in [3.05, 3.63) is 81.9 Å². The van der Waals surface area contributed by atoms with Gasteiger partial charge in [0.05, 0.1) is 17.2 Å². The largest absolute Gasteiger partial charge is 0.505 e. The quantitative estimate of drug-likeness (QED) is 0.337. The van der Waals surface area contributed by atoms with Crippen molar-refractivity contribution < 1.29 is 28.3 Å². The number of hydrogen-bond donors (Lipinski definition) is 2. The number of ether oxygens (including phenoxy) is 2. The number of carbonyl (C=O) groups excluding carboxylic acids is 1. The van der Waals surface area contributed by atoms with Gasteiger partial charge >= 0.3 is 11.8 Å². The Morgan fingerprint density at radius 2 is 1.76 bits per heavy atom. The highest BCUT2D eigenvalue weighted by molar-refractivity contribution is 6.37. The molecule has 0 radical (unpaired) electrons. The summed E-state index contributed by atoms with van der Waals surface area (Å²) in [6.45, 7) is 0.185. The van der Waals surface area contributed by atoms with Gasteiger partial charge in [-0.15, -0.1) is 0 Å². The third kappa shape index (κ3) is 5.22. The van der Waals surface area contributed by atoms with Crippen LogP contribution in [0, 0.1) is 5.82 Å². The van der Waals surface area contributed by atoms with Crippen molar-refractivity contribution in [1.82, 2.24) is 15.5 Å². The van der Waals surface area contributed by atoms with Crippen molar-refractivity contribution in [3.63, 3.8) is 0 Å². The number of carbonyl (C=O) groups is 1. The van der Waals surface area contributed by atoms with Crippen molar-refractivity contribution in [1.29, 1.82) is 0 Å². The van der Waals surface area contributed by atoms with Crippen LogP contribution in [-0.2, 0) is 6.54 Å². The van der Waals surface area contributed by atoms with Crippen LogP contribution in [-0.4, -0.2) is 28.3 Å². The highest BCUT2D eigenvalue weighted by Crippen LogP contribution is 2.35. The molecule has 4 aromatic rings. The van der Waals surface area contributed by atoms with Gasteiger partial charge in [0.15, 0.2) is 17.3 Å². The van der Waals surface area contributed by atoms with Crippen molar-refractivity contribution in [2.45, 2.75) is 6.54 Å². The molecule has 0 bridgehead atoms. The summed E-state index contributed by atoms with van der Waals surface area (Å²) in [6, 6.07) is 14.0. The second-order valence-electron chi connectivity index (χ2n) is 6.94. The summed E-state index contributed by atoms with van der Waals surface area (Å²) in [5, 5.41) is 16.1. The van der Waals surface area contributed by atoms with E-state index in [2.05, 4.69) is 15.5 Å². The minimum atomic E-state index is -0.580. The summed E-state index contributed by atoms with van der Waals surface area (Å²) in [5.41, 5.74) is 1.15. The third-order valence-corrected chi connectivity index (χ3v) is 5.21. The molecule has 0 atom stereocenters. The molecule has 1 aromatic heterocycles. The van der Waals surface area contributed by atoms with Gasteiger partial charge in [0.2, 0.25) is 5.82 Å². The number of rotatable bonds is 7. The summed E-state index contributed by atoms with van der Waals surface area (Å²) < 4.78 is 29.3. The van der Waals surface area contributed by atoms with Crippen LogP contribution in [0.1, 0.15) is 16.2 Å². The summed E-state index contributed by atoms with van der Waals surface area (Å²) in [5.74, 6) is -0.593. The molecule has 0 spiro atoms. The van der Waals surface area contributed by atoms with Gasteiger partial charge < -0.3 is 24.4 Å². The van der Waals surface area contributed by atoms with Crippen molar-refractivity contribution >= 4 is 29.1 Å². The van der Waals surface area contributed by atoms with E-state index in [4.69, 9.17) is 37.2 Å². The van der Waals surface area contributed by atoms with Crippen molar-refractivity contribution in [2.75, 3.05) is 7.11 Å². The Bertz CT molecular complexity index is 1320. The molecular formula is C23H16Cl2FN3O5. The Hall–Kier alpha value is -3.82. The van der Waals surface area contributed by atoms with Gasteiger partial charge in [-0.1, -0.05) is 40.5 Å². The molecular weight excluding hydrogens is 488 g/mol. The van der Waals surface area contributed by atoms with Crippen LogP contribution < -0.4 is 14.8 Å². The maximum atomic E-state index is 13.8. The number of phenolic OH excluding ortho intramolecular Hbond substituents is 1. The second-order valence-corrected chi connectivity index (χ2v) is 7.75. The molecule has 34 heavy (non-hydrogen) atoms. The molecule has 1 heterocycles. The van der Waals surface area contributed by atoms with Gasteiger partial charge in [-0.3, -0.25) is 4.79 Å². The molecule has 0 aliphatic rings. The van der Waals surface area contributed by atoms with Crippen LogP contribution in [0.25, 0.3) is 11.4 Å². The first-order valence-corrected chi connectivity index (χ1v) is 10.5. The Labute approximate surface area is 202 Å². The number of methoxy groups -OCH3 is 1. The summed E-state index contributed by atoms with van der Waals surface area (Å²) >= 11 is 11.8. The van der Waals surface area contributed by atoms with Crippen molar-refractivity contribution in [2.24, 2.45) is 0 Å². The zero-order valence-electron chi connectivity index (χ0n) is 17.5. The monoisotopic (exact) mass is 503 g/mol. The first-order chi connectivity index (χ1) is 16.3. The van der Waals surface area contributed by atoms with E-state index in [9.17, 15) is 14.3 Å². The Morgan fingerprint density at radius 3 is 2.41 bits per heavy atom. The standard InChI is InChI=1S/C23H16Cl2FN3O5/c1-32-19-7-6-15(10-18(19)26)33-14-4-2-12(3-5-14)11-27-22(31)23-28-21(29-34-23)13-8-16(24)20(30)17(25)9-13/h2-10,30H,11H2,1H3,(H,27,31). The molecule has 4 rings (SSSR count). The zero-order valence-corrected chi connectivity index (χ0v) is 19.0. The van der Waals surface area contributed by atoms with Gasteiger partial charge in [-0.25, -0.2) is 4.39 Å². The number of aromatic hydroxyl groups is 1.